The zero-order chi connectivity index (χ0) is 20.7. The highest BCUT2D eigenvalue weighted by molar-refractivity contribution is 7.15. The molecule has 1 fully saturated rings. The summed E-state index contributed by atoms with van der Waals surface area (Å²) in [7, 11) is 0. The summed E-state index contributed by atoms with van der Waals surface area (Å²) in [5.74, 6) is -2.57. The Labute approximate surface area is 173 Å². The second-order valence-electron chi connectivity index (χ2n) is 6.33. The van der Waals surface area contributed by atoms with Gasteiger partial charge < -0.3 is 5.11 Å². The molecule has 6 nitrogen and oxygen atoms in total. The van der Waals surface area contributed by atoms with Gasteiger partial charge in [-0.1, -0.05) is 35.1 Å². The smallest absolute Gasteiger partial charge is 0.301 e. The SMILES string of the molecule is Cc1nnc(N2C(=O)C(=O)/C(=C(/O)c3ccc(F)cc3)C2c2ccc(Cl)cc2)s1. The second-order valence-corrected chi connectivity index (χ2v) is 7.93. The Bertz CT molecular complexity index is 1140. The summed E-state index contributed by atoms with van der Waals surface area (Å²) in [6, 6.07) is 10.7. The summed E-state index contributed by atoms with van der Waals surface area (Å²) in [5.41, 5.74) is 0.665. The summed E-state index contributed by atoms with van der Waals surface area (Å²) in [6.07, 6.45) is 0. The van der Waals surface area contributed by atoms with Gasteiger partial charge in [0, 0.05) is 10.6 Å². The monoisotopic (exact) mass is 429 g/mol. The van der Waals surface area contributed by atoms with E-state index in [1.807, 2.05) is 0 Å². The number of carbonyl (C=O) groups is 2. The minimum absolute atomic E-state index is 0.114. The van der Waals surface area contributed by atoms with Gasteiger partial charge in [0.25, 0.3) is 5.78 Å². The molecule has 0 radical (unpaired) electrons. The number of hydrogen-bond acceptors (Lipinski definition) is 6. The van der Waals surface area contributed by atoms with E-state index in [2.05, 4.69) is 10.2 Å². The van der Waals surface area contributed by atoms with Crippen molar-refractivity contribution in [3.8, 4) is 0 Å². The summed E-state index contributed by atoms with van der Waals surface area (Å²) in [5, 5.41) is 20.1. The number of carbonyl (C=O) groups excluding carboxylic acids is 2. The van der Waals surface area contributed by atoms with Crippen molar-refractivity contribution in [3.63, 3.8) is 0 Å². The molecule has 1 saturated heterocycles. The van der Waals surface area contributed by atoms with E-state index in [1.165, 1.54) is 17.0 Å². The van der Waals surface area contributed by atoms with Gasteiger partial charge in [0.1, 0.15) is 16.6 Å². The van der Waals surface area contributed by atoms with Crippen LogP contribution in [-0.4, -0.2) is 27.0 Å². The van der Waals surface area contributed by atoms with Crippen LogP contribution in [-0.2, 0) is 9.59 Å². The van der Waals surface area contributed by atoms with Crippen molar-refractivity contribution in [2.75, 3.05) is 4.90 Å². The lowest BCUT2D eigenvalue weighted by molar-refractivity contribution is -0.132. The molecule has 0 saturated carbocycles. The third-order valence-electron chi connectivity index (χ3n) is 4.47. The summed E-state index contributed by atoms with van der Waals surface area (Å²) in [4.78, 5) is 26.9. The number of aliphatic hydroxyl groups is 1. The number of benzene rings is 2. The molecular weight excluding hydrogens is 417 g/mol. The Morgan fingerprint density at radius 3 is 2.34 bits per heavy atom. The van der Waals surface area contributed by atoms with Crippen LogP contribution in [0, 0.1) is 12.7 Å². The molecule has 4 rings (SSSR count). The molecule has 1 aliphatic heterocycles. The number of anilines is 1. The average molecular weight is 430 g/mol. The lowest BCUT2D eigenvalue weighted by Crippen LogP contribution is -2.29. The zero-order valence-corrected chi connectivity index (χ0v) is 16.5. The minimum Gasteiger partial charge on any atom is -0.507 e. The zero-order valence-electron chi connectivity index (χ0n) is 15.0. The van der Waals surface area contributed by atoms with Crippen LogP contribution in [0.25, 0.3) is 5.76 Å². The molecule has 1 atom stereocenters. The number of aryl methyl sites for hydroxylation is 1. The number of aromatic nitrogens is 2. The van der Waals surface area contributed by atoms with Gasteiger partial charge in [0.15, 0.2) is 0 Å². The fraction of sp³-hybridized carbons (Fsp3) is 0.100. The summed E-state index contributed by atoms with van der Waals surface area (Å²) < 4.78 is 13.3. The van der Waals surface area contributed by atoms with Gasteiger partial charge in [0.2, 0.25) is 5.13 Å². The Morgan fingerprint density at radius 1 is 1.10 bits per heavy atom. The van der Waals surface area contributed by atoms with Crippen molar-refractivity contribution in [1.82, 2.24) is 10.2 Å². The van der Waals surface area contributed by atoms with Gasteiger partial charge >= 0.3 is 5.91 Å². The molecule has 29 heavy (non-hydrogen) atoms. The molecule has 1 unspecified atom stereocenters. The van der Waals surface area contributed by atoms with Gasteiger partial charge in [-0.2, -0.15) is 0 Å². The van der Waals surface area contributed by atoms with E-state index in [4.69, 9.17) is 11.6 Å². The van der Waals surface area contributed by atoms with Gasteiger partial charge in [-0.15, -0.1) is 10.2 Å². The molecule has 1 amide bonds. The molecule has 3 aromatic rings. The Hall–Kier alpha value is -3.10. The van der Waals surface area contributed by atoms with Gasteiger partial charge in [-0.05, 0) is 48.9 Å². The maximum absolute atomic E-state index is 13.3. The van der Waals surface area contributed by atoms with Crippen LogP contribution in [0.15, 0.2) is 54.1 Å². The first kappa shape index (κ1) is 19.2. The number of aliphatic hydroxyl groups excluding tert-OH is 1. The molecule has 2 aromatic carbocycles. The number of rotatable bonds is 3. The predicted molar refractivity (Wildman–Crippen MR) is 107 cm³/mol. The van der Waals surface area contributed by atoms with Crippen LogP contribution >= 0.6 is 22.9 Å². The van der Waals surface area contributed by atoms with E-state index >= 15 is 0 Å². The molecular formula is C20H13ClFN3O3S. The van der Waals surface area contributed by atoms with E-state index in [0.29, 0.717) is 15.6 Å². The molecule has 1 N–H and O–H groups in total. The molecule has 9 heteroatoms. The maximum Gasteiger partial charge on any atom is 0.301 e. The standard InChI is InChI=1S/C20H13ClFN3O3S/c1-10-23-24-20(29-10)25-16(11-2-6-13(21)7-3-11)15(18(27)19(25)28)17(26)12-4-8-14(22)9-5-12/h2-9,16,26H,1H3/b17-15+. The molecule has 0 spiro atoms. The number of hydrogen-bond donors (Lipinski definition) is 1. The largest absolute Gasteiger partial charge is 0.507 e. The first-order valence-corrected chi connectivity index (χ1v) is 9.69. The number of halogens is 2. The van der Waals surface area contributed by atoms with Crippen molar-refractivity contribution in [1.29, 1.82) is 0 Å². The molecule has 0 bridgehead atoms. The molecule has 1 aromatic heterocycles. The van der Waals surface area contributed by atoms with E-state index in [-0.39, 0.29) is 16.3 Å². The first-order valence-electron chi connectivity index (χ1n) is 8.49. The van der Waals surface area contributed by atoms with Gasteiger partial charge in [-0.3, -0.25) is 14.5 Å². The summed E-state index contributed by atoms with van der Waals surface area (Å²) in [6.45, 7) is 1.73. The molecule has 2 heterocycles. The Kier molecular flexibility index (Phi) is 4.89. The lowest BCUT2D eigenvalue weighted by Gasteiger charge is -2.22. The third kappa shape index (κ3) is 3.41. The minimum atomic E-state index is -0.926. The van der Waals surface area contributed by atoms with Crippen LogP contribution in [0.2, 0.25) is 5.02 Å². The highest BCUT2D eigenvalue weighted by Gasteiger charge is 2.48. The van der Waals surface area contributed by atoms with Gasteiger partial charge in [-0.25, -0.2) is 4.39 Å². The van der Waals surface area contributed by atoms with Crippen molar-refractivity contribution in [3.05, 3.63) is 81.1 Å². The highest BCUT2D eigenvalue weighted by Crippen LogP contribution is 2.43. The fourth-order valence-corrected chi connectivity index (χ4v) is 3.98. The third-order valence-corrected chi connectivity index (χ3v) is 5.56. The number of nitrogens with zero attached hydrogens (tertiary/aromatic N) is 3. The van der Waals surface area contributed by atoms with Crippen molar-refractivity contribution in [2.24, 2.45) is 0 Å². The van der Waals surface area contributed by atoms with Crippen molar-refractivity contribution >= 4 is 45.5 Å². The quantitative estimate of drug-likeness (QED) is 0.382. The number of Topliss-reactive ketones (excluding diaryl/α,β-unsaturated/α-hetero) is 1. The van der Waals surface area contributed by atoms with Gasteiger partial charge in [0.05, 0.1) is 11.6 Å². The average Bonchev–Trinajstić information content (AvgIpc) is 3.24. The van der Waals surface area contributed by atoms with Crippen LogP contribution in [0.3, 0.4) is 0 Å². The van der Waals surface area contributed by atoms with Crippen molar-refractivity contribution in [2.45, 2.75) is 13.0 Å². The normalized spacial score (nSPS) is 18.4. The molecule has 0 aliphatic carbocycles. The Morgan fingerprint density at radius 2 is 1.76 bits per heavy atom. The second kappa shape index (κ2) is 7.38. The molecule has 146 valence electrons. The van der Waals surface area contributed by atoms with Crippen LogP contribution < -0.4 is 4.90 Å². The number of ketones is 1. The number of amides is 1. The van der Waals surface area contributed by atoms with Crippen LogP contribution in [0.5, 0.6) is 0 Å². The first-order chi connectivity index (χ1) is 13.9. The molecule has 1 aliphatic rings. The fourth-order valence-electron chi connectivity index (χ4n) is 3.14. The van der Waals surface area contributed by atoms with Crippen LogP contribution in [0.1, 0.15) is 22.2 Å². The summed E-state index contributed by atoms with van der Waals surface area (Å²) >= 11 is 7.13. The predicted octanol–water partition coefficient (Wildman–Crippen LogP) is 4.27. The lowest BCUT2D eigenvalue weighted by atomic mass is 9.95. The maximum atomic E-state index is 13.3. The van der Waals surface area contributed by atoms with E-state index < -0.39 is 29.3 Å². The highest BCUT2D eigenvalue weighted by atomic mass is 35.5. The van der Waals surface area contributed by atoms with Crippen molar-refractivity contribution < 1.29 is 19.1 Å². The van der Waals surface area contributed by atoms with E-state index in [1.54, 1.807) is 31.2 Å². The Balaban J connectivity index is 1.93. The van der Waals surface area contributed by atoms with Crippen LogP contribution in [0.4, 0.5) is 9.52 Å². The topological polar surface area (TPSA) is 83.4 Å². The van der Waals surface area contributed by atoms with E-state index in [9.17, 15) is 19.1 Å². The van der Waals surface area contributed by atoms with E-state index in [0.717, 1.165) is 23.5 Å².